The van der Waals surface area contributed by atoms with E-state index in [1.165, 1.54) is 0 Å². The molecular formula is C27H37N3O5. The fourth-order valence-electron chi connectivity index (χ4n) is 5.02. The Balaban J connectivity index is 1.34. The molecule has 8 heteroatoms. The van der Waals surface area contributed by atoms with Crippen LogP contribution in [0.3, 0.4) is 0 Å². The summed E-state index contributed by atoms with van der Waals surface area (Å²) in [4.78, 5) is 32.1. The minimum Gasteiger partial charge on any atom is -0.493 e. The summed E-state index contributed by atoms with van der Waals surface area (Å²) < 4.78 is 16.7. The summed E-state index contributed by atoms with van der Waals surface area (Å²) in [6, 6.07) is 9.82. The molecule has 0 spiro atoms. The molecule has 2 atom stereocenters. The number of ether oxygens (including phenoxy) is 3. The molecule has 0 radical (unpaired) electrons. The maximum atomic E-state index is 13.2. The van der Waals surface area contributed by atoms with Gasteiger partial charge >= 0.3 is 6.09 Å². The monoisotopic (exact) mass is 483 g/mol. The van der Waals surface area contributed by atoms with Crippen LogP contribution in [-0.4, -0.2) is 86.2 Å². The van der Waals surface area contributed by atoms with Gasteiger partial charge in [-0.1, -0.05) is 30.3 Å². The first kappa shape index (κ1) is 25.1. The molecule has 2 fully saturated rings. The van der Waals surface area contributed by atoms with E-state index in [0.717, 1.165) is 68.9 Å². The quantitative estimate of drug-likeness (QED) is 0.589. The highest BCUT2D eigenvalue weighted by Crippen LogP contribution is 2.26. The Morgan fingerprint density at radius 2 is 1.57 bits per heavy atom. The normalized spacial score (nSPS) is 22.1. The molecule has 8 nitrogen and oxygen atoms in total. The standard InChI is InChI=1S/C27H37N3O5/c1-33-23-12-11-22(19-25(23)34-2)28-15-17-29(18-16-28)26(31)20-24(21-9-5-3-6-10-21)35-27(32)30-13-7-4-8-14-30/h3,5-6,9-10,12,19,22,24H,4,7-8,11,13-18,20H2,1-2H3/t22?,24-/m1/s1. The van der Waals surface area contributed by atoms with Crippen LogP contribution in [0.4, 0.5) is 4.79 Å². The first-order valence-corrected chi connectivity index (χ1v) is 12.6. The van der Waals surface area contributed by atoms with Crippen molar-refractivity contribution in [2.24, 2.45) is 0 Å². The Morgan fingerprint density at radius 3 is 2.23 bits per heavy atom. The molecule has 35 heavy (non-hydrogen) atoms. The second-order valence-electron chi connectivity index (χ2n) is 9.26. The third-order valence-corrected chi connectivity index (χ3v) is 7.10. The molecule has 3 aliphatic rings. The summed E-state index contributed by atoms with van der Waals surface area (Å²) in [5.74, 6) is 1.54. The van der Waals surface area contributed by atoms with Gasteiger partial charge in [0.15, 0.2) is 11.5 Å². The topological polar surface area (TPSA) is 71.6 Å². The molecule has 0 aromatic heterocycles. The Labute approximate surface area is 208 Å². The van der Waals surface area contributed by atoms with Crippen LogP contribution < -0.4 is 0 Å². The van der Waals surface area contributed by atoms with Crippen LogP contribution in [-0.2, 0) is 19.0 Å². The second-order valence-corrected chi connectivity index (χ2v) is 9.26. The first-order valence-electron chi connectivity index (χ1n) is 12.6. The largest absolute Gasteiger partial charge is 0.493 e. The molecule has 2 saturated heterocycles. The van der Waals surface area contributed by atoms with Crippen LogP contribution in [0.2, 0.25) is 0 Å². The van der Waals surface area contributed by atoms with Crippen molar-refractivity contribution in [3.63, 3.8) is 0 Å². The molecule has 0 bridgehead atoms. The predicted octanol–water partition coefficient (Wildman–Crippen LogP) is 3.72. The van der Waals surface area contributed by atoms with E-state index in [0.29, 0.717) is 13.1 Å². The summed E-state index contributed by atoms with van der Waals surface area (Å²) in [7, 11) is 3.30. The lowest BCUT2D eigenvalue weighted by Gasteiger charge is -2.39. The summed E-state index contributed by atoms with van der Waals surface area (Å²) in [5.41, 5.74) is 0.852. The lowest BCUT2D eigenvalue weighted by atomic mass is 10.0. The molecule has 2 heterocycles. The fourth-order valence-corrected chi connectivity index (χ4v) is 5.02. The molecular weight excluding hydrogens is 446 g/mol. The van der Waals surface area contributed by atoms with Crippen molar-refractivity contribution in [3.05, 3.63) is 59.6 Å². The van der Waals surface area contributed by atoms with Crippen LogP contribution in [0.1, 0.15) is 43.8 Å². The van der Waals surface area contributed by atoms with E-state index in [1.54, 1.807) is 19.1 Å². The van der Waals surface area contributed by atoms with Crippen molar-refractivity contribution in [1.82, 2.24) is 14.7 Å². The van der Waals surface area contributed by atoms with Crippen molar-refractivity contribution in [2.45, 2.75) is 44.2 Å². The molecule has 1 aromatic rings. The number of piperazine rings is 1. The highest BCUT2D eigenvalue weighted by atomic mass is 16.6. The summed E-state index contributed by atoms with van der Waals surface area (Å²) in [6.45, 7) is 4.30. The Kier molecular flexibility index (Phi) is 8.69. The molecule has 190 valence electrons. The van der Waals surface area contributed by atoms with Gasteiger partial charge < -0.3 is 24.0 Å². The number of carbonyl (C=O) groups excluding carboxylic acids is 2. The lowest BCUT2D eigenvalue weighted by molar-refractivity contribution is -0.135. The highest BCUT2D eigenvalue weighted by molar-refractivity contribution is 5.78. The number of hydrogen-bond donors (Lipinski definition) is 0. The lowest BCUT2D eigenvalue weighted by Crippen LogP contribution is -2.52. The Bertz CT molecular complexity index is 918. The van der Waals surface area contributed by atoms with Gasteiger partial charge in [-0.25, -0.2) is 4.79 Å². The number of amides is 2. The molecule has 2 amide bonds. The number of nitrogens with zero attached hydrogens (tertiary/aromatic N) is 3. The number of rotatable bonds is 7. The summed E-state index contributed by atoms with van der Waals surface area (Å²) in [6.07, 6.45) is 7.40. The smallest absolute Gasteiger partial charge is 0.410 e. The zero-order valence-corrected chi connectivity index (χ0v) is 20.9. The highest BCUT2D eigenvalue weighted by Gasteiger charge is 2.30. The number of methoxy groups -OCH3 is 2. The predicted molar refractivity (Wildman–Crippen MR) is 132 cm³/mol. The van der Waals surface area contributed by atoms with Crippen LogP contribution in [0, 0.1) is 0 Å². The van der Waals surface area contributed by atoms with Gasteiger partial charge in [-0.3, -0.25) is 9.69 Å². The van der Waals surface area contributed by atoms with Crippen molar-refractivity contribution in [2.75, 3.05) is 53.5 Å². The van der Waals surface area contributed by atoms with Gasteiger partial charge in [0, 0.05) is 45.3 Å². The van der Waals surface area contributed by atoms with Crippen molar-refractivity contribution in [3.8, 4) is 0 Å². The Morgan fingerprint density at radius 1 is 0.886 bits per heavy atom. The molecule has 1 aliphatic carbocycles. The van der Waals surface area contributed by atoms with Gasteiger partial charge in [-0.05, 0) is 43.4 Å². The zero-order valence-electron chi connectivity index (χ0n) is 20.9. The minimum absolute atomic E-state index is 0.0169. The molecule has 1 aromatic carbocycles. The summed E-state index contributed by atoms with van der Waals surface area (Å²) >= 11 is 0. The number of hydrogen-bond acceptors (Lipinski definition) is 6. The van der Waals surface area contributed by atoms with E-state index in [1.807, 2.05) is 35.2 Å². The average molecular weight is 484 g/mol. The van der Waals surface area contributed by atoms with Crippen molar-refractivity contribution in [1.29, 1.82) is 0 Å². The van der Waals surface area contributed by atoms with Crippen LogP contribution >= 0.6 is 0 Å². The SMILES string of the molecule is COC1=CCC(N2CCN(C(=O)C[C@@H](OC(=O)N3CCCCC3)c3ccccc3)CC2)C=C1OC. The van der Waals surface area contributed by atoms with E-state index in [-0.39, 0.29) is 24.5 Å². The zero-order chi connectivity index (χ0) is 24.6. The Hall–Kier alpha value is -3.00. The number of carbonyl (C=O) groups is 2. The van der Waals surface area contributed by atoms with Crippen LogP contribution in [0.15, 0.2) is 54.0 Å². The molecule has 1 unspecified atom stereocenters. The van der Waals surface area contributed by atoms with Gasteiger partial charge in [0.25, 0.3) is 0 Å². The first-order chi connectivity index (χ1) is 17.1. The molecule has 0 N–H and O–H groups in total. The molecule has 4 rings (SSSR count). The van der Waals surface area contributed by atoms with E-state index >= 15 is 0 Å². The van der Waals surface area contributed by atoms with Crippen LogP contribution in [0.25, 0.3) is 0 Å². The maximum absolute atomic E-state index is 13.2. The van der Waals surface area contributed by atoms with Gasteiger partial charge in [0.2, 0.25) is 5.91 Å². The fraction of sp³-hybridized carbons (Fsp3) is 0.556. The number of benzene rings is 1. The number of piperidine rings is 1. The summed E-state index contributed by atoms with van der Waals surface area (Å²) in [5, 5.41) is 0. The third kappa shape index (κ3) is 6.36. The van der Waals surface area contributed by atoms with E-state index in [4.69, 9.17) is 14.2 Å². The second kappa shape index (κ2) is 12.1. The van der Waals surface area contributed by atoms with E-state index < -0.39 is 6.10 Å². The van der Waals surface area contributed by atoms with Crippen LogP contribution in [0.5, 0.6) is 0 Å². The van der Waals surface area contributed by atoms with Crippen molar-refractivity contribution < 1.29 is 23.8 Å². The van der Waals surface area contributed by atoms with E-state index in [9.17, 15) is 9.59 Å². The van der Waals surface area contributed by atoms with Gasteiger partial charge in [-0.15, -0.1) is 0 Å². The molecule has 2 aliphatic heterocycles. The van der Waals surface area contributed by atoms with Gasteiger partial charge in [0.05, 0.1) is 20.6 Å². The average Bonchev–Trinajstić information content (AvgIpc) is 2.93. The van der Waals surface area contributed by atoms with Gasteiger partial charge in [-0.2, -0.15) is 0 Å². The maximum Gasteiger partial charge on any atom is 0.410 e. The minimum atomic E-state index is -0.584. The number of likely N-dealkylation sites (tertiary alicyclic amines) is 1. The van der Waals surface area contributed by atoms with E-state index in [2.05, 4.69) is 17.1 Å². The molecule has 0 saturated carbocycles. The van der Waals surface area contributed by atoms with Gasteiger partial charge in [0.1, 0.15) is 6.10 Å². The third-order valence-electron chi connectivity index (χ3n) is 7.10. The van der Waals surface area contributed by atoms with Crippen molar-refractivity contribution >= 4 is 12.0 Å².